The van der Waals surface area contributed by atoms with Gasteiger partial charge in [-0.15, -0.1) is 0 Å². The monoisotopic (exact) mass is 240 g/mol. The molecule has 1 aromatic carbocycles. The van der Waals surface area contributed by atoms with Crippen molar-refractivity contribution in [3.8, 4) is 0 Å². The van der Waals surface area contributed by atoms with Gasteiger partial charge in [-0.25, -0.2) is 4.79 Å². The molecule has 0 radical (unpaired) electrons. The SMILES string of the molecule is O=C(O)CC(O)C(O)c1ccc(C(=O)O)cc1. The maximum Gasteiger partial charge on any atom is 0.335 e. The maximum atomic E-state index is 10.6. The summed E-state index contributed by atoms with van der Waals surface area (Å²) in [4.78, 5) is 20.9. The molecular formula is C11H12O6. The van der Waals surface area contributed by atoms with Crippen LogP contribution in [0.15, 0.2) is 24.3 Å². The standard InChI is InChI=1S/C11H12O6/c12-8(5-9(13)14)10(15)6-1-3-7(4-2-6)11(16)17/h1-4,8,10,12,15H,5H2,(H,13,14)(H,16,17). The van der Waals surface area contributed by atoms with Crippen LogP contribution in [-0.4, -0.2) is 38.5 Å². The molecule has 0 aliphatic rings. The molecule has 0 aliphatic carbocycles. The largest absolute Gasteiger partial charge is 0.481 e. The summed E-state index contributed by atoms with van der Waals surface area (Å²) in [6.07, 6.45) is -3.36. The lowest BCUT2D eigenvalue weighted by Crippen LogP contribution is -2.21. The molecule has 6 heteroatoms. The summed E-state index contributed by atoms with van der Waals surface area (Å²) in [5, 5.41) is 36.1. The zero-order valence-electron chi connectivity index (χ0n) is 8.78. The molecule has 0 fully saturated rings. The van der Waals surface area contributed by atoms with E-state index in [1.807, 2.05) is 0 Å². The lowest BCUT2D eigenvalue weighted by atomic mass is 10.0. The van der Waals surface area contributed by atoms with E-state index in [1.54, 1.807) is 0 Å². The van der Waals surface area contributed by atoms with Crippen LogP contribution >= 0.6 is 0 Å². The summed E-state index contributed by atoms with van der Waals surface area (Å²) < 4.78 is 0. The quantitative estimate of drug-likeness (QED) is 0.586. The molecule has 0 saturated heterocycles. The van der Waals surface area contributed by atoms with Crippen LogP contribution in [0.25, 0.3) is 0 Å². The minimum Gasteiger partial charge on any atom is -0.481 e. The van der Waals surface area contributed by atoms with Gasteiger partial charge in [0, 0.05) is 0 Å². The highest BCUT2D eigenvalue weighted by Crippen LogP contribution is 2.19. The minimum absolute atomic E-state index is 0.0497. The molecule has 0 spiro atoms. The summed E-state index contributed by atoms with van der Waals surface area (Å²) in [6, 6.07) is 5.21. The third kappa shape index (κ3) is 3.54. The Balaban J connectivity index is 2.78. The van der Waals surface area contributed by atoms with Gasteiger partial charge < -0.3 is 20.4 Å². The molecule has 0 amide bonds. The molecule has 0 aliphatic heterocycles. The van der Waals surface area contributed by atoms with Crippen molar-refractivity contribution in [1.29, 1.82) is 0 Å². The number of aliphatic hydroxyl groups is 2. The van der Waals surface area contributed by atoms with Crippen molar-refractivity contribution in [2.75, 3.05) is 0 Å². The first-order valence-corrected chi connectivity index (χ1v) is 4.83. The predicted molar refractivity (Wildman–Crippen MR) is 56.6 cm³/mol. The van der Waals surface area contributed by atoms with Crippen molar-refractivity contribution < 1.29 is 30.0 Å². The Kier molecular flexibility index (Phi) is 4.19. The van der Waals surface area contributed by atoms with Crippen molar-refractivity contribution in [3.05, 3.63) is 35.4 Å². The molecule has 4 N–H and O–H groups in total. The zero-order chi connectivity index (χ0) is 13.0. The molecule has 1 rings (SSSR count). The first-order valence-electron chi connectivity index (χ1n) is 4.83. The van der Waals surface area contributed by atoms with Gasteiger partial charge in [0.15, 0.2) is 0 Å². The fourth-order valence-corrected chi connectivity index (χ4v) is 1.34. The number of aromatic carboxylic acids is 1. The number of hydrogen-bond donors (Lipinski definition) is 4. The van der Waals surface area contributed by atoms with E-state index >= 15 is 0 Å². The van der Waals surface area contributed by atoms with E-state index in [0.29, 0.717) is 0 Å². The summed E-state index contributed by atoms with van der Waals surface area (Å²) in [5.41, 5.74) is 0.317. The number of rotatable bonds is 5. The lowest BCUT2D eigenvalue weighted by Gasteiger charge is -2.16. The highest BCUT2D eigenvalue weighted by molar-refractivity contribution is 5.87. The van der Waals surface area contributed by atoms with Gasteiger partial charge >= 0.3 is 11.9 Å². The summed E-state index contributed by atoms with van der Waals surface area (Å²) in [7, 11) is 0. The average molecular weight is 240 g/mol. The zero-order valence-corrected chi connectivity index (χ0v) is 8.78. The average Bonchev–Trinajstić information content (AvgIpc) is 2.27. The second kappa shape index (κ2) is 5.42. The van der Waals surface area contributed by atoms with E-state index in [4.69, 9.17) is 10.2 Å². The van der Waals surface area contributed by atoms with Gasteiger partial charge in [-0.3, -0.25) is 4.79 Å². The molecule has 0 aromatic heterocycles. The third-order valence-electron chi connectivity index (χ3n) is 2.25. The molecule has 0 bridgehead atoms. The van der Waals surface area contributed by atoms with Crippen LogP contribution in [0.2, 0.25) is 0 Å². The van der Waals surface area contributed by atoms with Crippen molar-refractivity contribution in [3.63, 3.8) is 0 Å². The number of carbonyl (C=O) groups is 2. The Hall–Kier alpha value is -1.92. The van der Waals surface area contributed by atoms with Crippen molar-refractivity contribution in [1.82, 2.24) is 0 Å². The summed E-state index contributed by atoms with van der Waals surface area (Å²) >= 11 is 0. The van der Waals surface area contributed by atoms with E-state index in [0.717, 1.165) is 0 Å². The Morgan fingerprint density at radius 3 is 2.00 bits per heavy atom. The summed E-state index contributed by atoms with van der Waals surface area (Å²) in [6.45, 7) is 0. The second-order valence-corrected chi connectivity index (χ2v) is 3.54. The van der Waals surface area contributed by atoms with Gasteiger partial charge in [0.05, 0.1) is 18.1 Å². The topological polar surface area (TPSA) is 115 Å². The number of hydrogen-bond acceptors (Lipinski definition) is 4. The van der Waals surface area contributed by atoms with Crippen LogP contribution in [0.5, 0.6) is 0 Å². The molecule has 0 saturated carbocycles. The van der Waals surface area contributed by atoms with Crippen molar-refractivity contribution >= 4 is 11.9 Å². The Bertz CT molecular complexity index is 410. The molecular weight excluding hydrogens is 228 g/mol. The van der Waals surface area contributed by atoms with E-state index in [1.165, 1.54) is 24.3 Å². The molecule has 6 nitrogen and oxygen atoms in total. The van der Waals surface area contributed by atoms with E-state index in [-0.39, 0.29) is 11.1 Å². The number of aliphatic hydroxyl groups excluding tert-OH is 2. The van der Waals surface area contributed by atoms with Crippen LogP contribution < -0.4 is 0 Å². The van der Waals surface area contributed by atoms with Gasteiger partial charge in [-0.2, -0.15) is 0 Å². The van der Waals surface area contributed by atoms with Gasteiger partial charge in [-0.1, -0.05) is 12.1 Å². The number of carboxylic acids is 2. The van der Waals surface area contributed by atoms with Crippen LogP contribution in [0, 0.1) is 0 Å². The molecule has 0 heterocycles. The smallest absolute Gasteiger partial charge is 0.335 e. The van der Waals surface area contributed by atoms with Crippen molar-refractivity contribution in [2.24, 2.45) is 0 Å². The Morgan fingerprint density at radius 2 is 1.59 bits per heavy atom. The van der Waals surface area contributed by atoms with Crippen molar-refractivity contribution in [2.45, 2.75) is 18.6 Å². The van der Waals surface area contributed by atoms with Gasteiger partial charge in [0.25, 0.3) is 0 Å². The second-order valence-electron chi connectivity index (χ2n) is 3.54. The Morgan fingerprint density at radius 1 is 1.06 bits per heavy atom. The first kappa shape index (κ1) is 13.1. The number of carboxylic acid groups (broad SMARTS) is 2. The maximum absolute atomic E-state index is 10.6. The molecule has 1 aromatic rings. The summed E-state index contributed by atoms with van der Waals surface area (Å²) in [5.74, 6) is -2.32. The molecule has 2 unspecified atom stereocenters. The molecule has 92 valence electrons. The number of aliphatic carboxylic acids is 1. The Labute approximate surface area is 96.8 Å². The minimum atomic E-state index is -1.43. The highest BCUT2D eigenvalue weighted by Gasteiger charge is 2.21. The first-order chi connectivity index (χ1) is 7.91. The van der Waals surface area contributed by atoms with Gasteiger partial charge in [0.2, 0.25) is 0 Å². The molecule has 17 heavy (non-hydrogen) atoms. The van der Waals surface area contributed by atoms with Crippen LogP contribution in [0.1, 0.15) is 28.4 Å². The van der Waals surface area contributed by atoms with E-state index in [2.05, 4.69) is 0 Å². The predicted octanol–water partition coefficient (Wildman–Crippen LogP) is 0.254. The number of benzene rings is 1. The van der Waals surface area contributed by atoms with Crippen LogP contribution in [0.4, 0.5) is 0 Å². The fraction of sp³-hybridized carbons (Fsp3) is 0.273. The highest BCUT2D eigenvalue weighted by atomic mass is 16.4. The van der Waals surface area contributed by atoms with E-state index in [9.17, 15) is 19.8 Å². The van der Waals surface area contributed by atoms with E-state index < -0.39 is 30.6 Å². The normalized spacial score (nSPS) is 14.0. The third-order valence-corrected chi connectivity index (χ3v) is 2.25. The van der Waals surface area contributed by atoms with Crippen LogP contribution in [0.3, 0.4) is 0 Å². The fourth-order valence-electron chi connectivity index (χ4n) is 1.34. The lowest BCUT2D eigenvalue weighted by molar-refractivity contribution is -0.141. The molecule has 2 atom stereocenters. The van der Waals surface area contributed by atoms with Gasteiger partial charge in [0.1, 0.15) is 6.10 Å². The van der Waals surface area contributed by atoms with Gasteiger partial charge in [-0.05, 0) is 17.7 Å². The van der Waals surface area contributed by atoms with Crippen LogP contribution in [-0.2, 0) is 4.79 Å².